The molecule has 0 aliphatic rings. The molecule has 0 saturated heterocycles. The zero-order chi connectivity index (χ0) is 38.9. The second-order valence-electron chi connectivity index (χ2n) is 12.6. The van der Waals surface area contributed by atoms with Crippen molar-refractivity contribution in [3.05, 3.63) is 90.3 Å². The van der Waals surface area contributed by atoms with Gasteiger partial charge in [0.2, 0.25) is 23.2 Å². The molecule has 0 bridgehead atoms. The average molecular weight is 759 g/mol. The standard InChI is InChI=1S/C38H42N6O9S/c1-38(2,3)25-13-15-26(16-14-25)54(46,47)44-34-33(53-28-12-9-8-11-27(28)48-4)37(43-36(42-34)35-39-18-10-19-40-35)52-20-17-31(45)41-23-24-21-29(49-5)32(51-7)30(22-24)50-6/h8-16,18-19,21-22H,17,20,23H2,1-7H3,(H,41,45)(H,42,43,44). The summed E-state index contributed by atoms with van der Waals surface area (Å²) in [5, 5.41) is 2.84. The van der Waals surface area contributed by atoms with Crippen molar-refractivity contribution in [2.45, 2.75) is 44.0 Å². The van der Waals surface area contributed by atoms with E-state index in [1.165, 1.54) is 53.0 Å². The second-order valence-corrected chi connectivity index (χ2v) is 14.3. The lowest BCUT2D eigenvalue weighted by atomic mass is 9.87. The average Bonchev–Trinajstić information content (AvgIpc) is 3.17. The SMILES string of the molecule is COc1ccccc1Oc1c(NS(=O)(=O)c2ccc(C(C)(C)C)cc2)nc(-c2ncccn2)nc1OCCC(=O)NCc1cc(OC)c(OC)c(OC)c1. The highest BCUT2D eigenvalue weighted by Crippen LogP contribution is 2.42. The van der Waals surface area contributed by atoms with Crippen LogP contribution in [0.3, 0.4) is 0 Å². The van der Waals surface area contributed by atoms with Crippen LogP contribution in [0.4, 0.5) is 5.82 Å². The van der Waals surface area contributed by atoms with Crippen molar-refractivity contribution in [3.8, 4) is 52.0 Å². The van der Waals surface area contributed by atoms with Crippen molar-refractivity contribution < 1.29 is 41.6 Å². The Morgan fingerprint density at radius 1 is 0.741 bits per heavy atom. The van der Waals surface area contributed by atoms with Gasteiger partial charge in [-0.1, -0.05) is 45.0 Å². The van der Waals surface area contributed by atoms with Crippen molar-refractivity contribution in [1.82, 2.24) is 25.3 Å². The van der Waals surface area contributed by atoms with Gasteiger partial charge < -0.3 is 33.7 Å². The van der Waals surface area contributed by atoms with Crippen LogP contribution in [0.25, 0.3) is 11.6 Å². The third-order valence-electron chi connectivity index (χ3n) is 7.93. The van der Waals surface area contributed by atoms with Gasteiger partial charge in [-0.25, -0.2) is 23.4 Å². The Hall–Kier alpha value is -6.16. The van der Waals surface area contributed by atoms with Gasteiger partial charge >= 0.3 is 0 Å². The lowest BCUT2D eigenvalue weighted by Gasteiger charge is -2.20. The molecule has 0 spiro atoms. The number of carbonyl (C=O) groups is 1. The molecule has 0 aliphatic carbocycles. The normalized spacial score (nSPS) is 11.3. The number of nitrogens with zero attached hydrogens (tertiary/aromatic N) is 4. The van der Waals surface area contributed by atoms with Gasteiger partial charge in [0.05, 0.1) is 46.4 Å². The number of rotatable bonds is 16. The molecule has 0 atom stereocenters. The lowest BCUT2D eigenvalue weighted by Crippen LogP contribution is -2.24. The molecule has 5 rings (SSSR count). The Labute approximate surface area is 314 Å². The molecule has 5 aromatic rings. The van der Waals surface area contributed by atoms with Crippen LogP contribution < -0.4 is 38.5 Å². The second kappa shape index (κ2) is 17.1. The Balaban J connectivity index is 1.47. The van der Waals surface area contributed by atoms with Gasteiger partial charge in [-0.05, 0) is 59.0 Å². The molecule has 3 aromatic carbocycles. The van der Waals surface area contributed by atoms with Crippen LogP contribution in [0.5, 0.6) is 40.4 Å². The molecule has 0 radical (unpaired) electrons. The van der Waals surface area contributed by atoms with Crippen LogP contribution in [0.2, 0.25) is 0 Å². The number of para-hydroxylation sites is 2. The molecule has 0 aliphatic heterocycles. The summed E-state index contributed by atoms with van der Waals surface area (Å²) in [7, 11) is 1.74. The van der Waals surface area contributed by atoms with Crippen molar-refractivity contribution >= 4 is 21.7 Å². The smallest absolute Gasteiger partial charge is 0.263 e. The Morgan fingerprint density at radius 2 is 1.37 bits per heavy atom. The number of carbonyl (C=O) groups excluding carboxylic acids is 1. The molecule has 0 unspecified atom stereocenters. The fourth-order valence-electron chi connectivity index (χ4n) is 5.10. The maximum Gasteiger partial charge on any atom is 0.263 e. The van der Waals surface area contributed by atoms with Crippen LogP contribution in [0.1, 0.15) is 38.3 Å². The minimum Gasteiger partial charge on any atom is -0.493 e. The van der Waals surface area contributed by atoms with E-state index in [1.54, 1.807) is 54.6 Å². The first-order valence-electron chi connectivity index (χ1n) is 16.7. The first kappa shape index (κ1) is 39.1. The summed E-state index contributed by atoms with van der Waals surface area (Å²) >= 11 is 0. The minimum atomic E-state index is -4.24. The molecular formula is C38H42N6O9S. The maximum absolute atomic E-state index is 13.9. The van der Waals surface area contributed by atoms with Crippen LogP contribution in [-0.4, -0.2) is 69.3 Å². The fraction of sp³-hybridized carbons (Fsp3) is 0.289. The molecule has 54 heavy (non-hydrogen) atoms. The predicted molar refractivity (Wildman–Crippen MR) is 200 cm³/mol. The van der Waals surface area contributed by atoms with E-state index < -0.39 is 10.0 Å². The number of anilines is 1. The Morgan fingerprint density at radius 3 is 1.96 bits per heavy atom. The molecule has 284 valence electrons. The van der Waals surface area contributed by atoms with Crippen LogP contribution in [0.15, 0.2) is 84.0 Å². The highest BCUT2D eigenvalue weighted by atomic mass is 32.2. The van der Waals surface area contributed by atoms with E-state index in [2.05, 4.69) is 30.0 Å². The molecule has 2 heterocycles. The first-order valence-corrected chi connectivity index (χ1v) is 18.2. The number of aromatic nitrogens is 4. The summed E-state index contributed by atoms with van der Waals surface area (Å²) in [5.41, 5.74) is 1.47. The number of benzene rings is 3. The van der Waals surface area contributed by atoms with Gasteiger partial charge in [-0.3, -0.25) is 9.52 Å². The number of hydrogen-bond donors (Lipinski definition) is 2. The quantitative estimate of drug-likeness (QED) is 0.121. The minimum absolute atomic E-state index is 0.0129. The number of ether oxygens (including phenoxy) is 6. The van der Waals surface area contributed by atoms with Gasteiger partial charge in [0.15, 0.2) is 34.6 Å². The largest absolute Gasteiger partial charge is 0.493 e. The summed E-state index contributed by atoms with van der Waals surface area (Å²) in [4.78, 5) is 30.5. The van der Waals surface area contributed by atoms with E-state index in [9.17, 15) is 13.2 Å². The van der Waals surface area contributed by atoms with Crippen LogP contribution >= 0.6 is 0 Å². The highest BCUT2D eigenvalue weighted by Gasteiger charge is 2.27. The number of amides is 1. The van der Waals surface area contributed by atoms with E-state index >= 15 is 0 Å². The number of nitrogens with one attached hydrogen (secondary N) is 2. The third kappa shape index (κ3) is 9.43. The van der Waals surface area contributed by atoms with E-state index in [0.29, 0.717) is 28.6 Å². The molecule has 15 nitrogen and oxygen atoms in total. The van der Waals surface area contributed by atoms with Crippen LogP contribution in [0, 0.1) is 0 Å². The summed E-state index contributed by atoms with van der Waals surface area (Å²) in [6.07, 6.45) is 2.87. The van der Waals surface area contributed by atoms with Crippen molar-refractivity contribution in [2.75, 3.05) is 39.8 Å². The van der Waals surface area contributed by atoms with Crippen molar-refractivity contribution in [1.29, 1.82) is 0 Å². The zero-order valence-corrected chi connectivity index (χ0v) is 31.8. The summed E-state index contributed by atoms with van der Waals surface area (Å²) in [6, 6.07) is 18.4. The number of sulfonamides is 1. The molecule has 16 heteroatoms. The fourth-order valence-corrected chi connectivity index (χ4v) is 6.11. The molecule has 0 fully saturated rings. The third-order valence-corrected chi connectivity index (χ3v) is 9.28. The number of hydrogen-bond acceptors (Lipinski definition) is 13. The molecule has 1 amide bonds. The maximum atomic E-state index is 13.9. The Bertz CT molecular complexity index is 2150. The van der Waals surface area contributed by atoms with Gasteiger partial charge in [-0.15, -0.1) is 0 Å². The molecule has 2 aromatic heterocycles. The molecule has 2 N–H and O–H groups in total. The lowest BCUT2D eigenvalue weighted by molar-refractivity contribution is -0.121. The van der Waals surface area contributed by atoms with E-state index in [0.717, 1.165) is 5.56 Å². The van der Waals surface area contributed by atoms with Gasteiger partial charge in [0.1, 0.15) is 0 Å². The molecule has 0 saturated carbocycles. The van der Waals surface area contributed by atoms with Gasteiger partial charge in [-0.2, -0.15) is 4.98 Å². The predicted octanol–water partition coefficient (Wildman–Crippen LogP) is 5.94. The molecular weight excluding hydrogens is 717 g/mol. The van der Waals surface area contributed by atoms with Crippen LogP contribution in [-0.2, 0) is 26.8 Å². The topological polar surface area (TPSA) is 182 Å². The highest BCUT2D eigenvalue weighted by molar-refractivity contribution is 7.92. The zero-order valence-electron chi connectivity index (χ0n) is 31.0. The van der Waals surface area contributed by atoms with E-state index in [1.807, 2.05) is 20.8 Å². The number of methoxy groups -OCH3 is 4. The monoisotopic (exact) mass is 758 g/mol. The van der Waals surface area contributed by atoms with E-state index in [4.69, 9.17) is 28.4 Å². The van der Waals surface area contributed by atoms with Crippen molar-refractivity contribution in [2.24, 2.45) is 0 Å². The Kier molecular flexibility index (Phi) is 12.4. The van der Waals surface area contributed by atoms with Gasteiger partial charge in [0, 0.05) is 18.9 Å². The van der Waals surface area contributed by atoms with Gasteiger partial charge in [0.25, 0.3) is 15.9 Å². The van der Waals surface area contributed by atoms with Crippen molar-refractivity contribution in [3.63, 3.8) is 0 Å². The summed E-state index contributed by atoms with van der Waals surface area (Å²) < 4.78 is 64.2. The summed E-state index contributed by atoms with van der Waals surface area (Å²) in [5.74, 6) is 0.922. The van der Waals surface area contributed by atoms with E-state index in [-0.39, 0.29) is 70.6 Å². The summed E-state index contributed by atoms with van der Waals surface area (Å²) in [6.45, 7) is 6.07. The first-order chi connectivity index (χ1) is 25.9.